The molecule has 2 rings (SSSR count). The van der Waals surface area contributed by atoms with E-state index in [2.05, 4.69) is 9.46 Å². The molecule has 0 spiro atoms. The van der Waals surface area contributed by atoms with E-state index in [0.717, 1.165) is 12.8 Å². The molecule has 1 atom stereocenters. The maximum atomic E-state index is 12.3. The Morgan fingerprint density at radius 2 is 2.00 bits per heavy atom. The number of rotatable bonds is 7. The molecule has 8 heteroatoms. The zero-order valence-corrected chi connectivity index (χ0v) is 11.4. The fourth-order valence-electron chi connectivity index (χ4n) is 1.84. The lowest BCUT2D eigenvalue weighted by Crippen LogP contribution is -2.38. The third-order valence-corrected chi connectivity index (χ3v) is 4.55. The van der Waals surface area contributed by atoms with Gasteiger partial charge >= 0.3 is 6.61 Å². The SMILES string of the molecule is NC(CNS(=O)(=O)c1ccccc1OC(F)F)C1CC1. The Bertz CT molecular complexity index is 562. The minimum absolute atomic E-state index is 0.0794. The molecule has 112 valence electrons. The van der Waals surface area contributed by atoms with E-state index < -0.39 is 16.6 Å². The number of para-hydroxylation sites is 1. The molecule has 1 aromatic rings. The monoisotopic (exact) mass is 306 g/mol. The lowest BCUT2D eigenvalue weighted by molar-refractivity contribution is -0.0517. The first kappa shape index (κ1) is 15.1. The number of sulfonamides is 1. The van der Waals surface area contributed by atoms with Crippen LogP contribution >= 0.6 is 0 Å². The number of alkyl halides is 2. The van der Waals surface area contributed by atoms with Crippen molar-refractivity contribution in [1.29, 1.82) is 0 Å². The normalized spacial score (nSPS) is 17.2. The van der Waals surface area contributed by atoms with Crippen LogP contribution in [0.1, 0.15) is 12.8 Å². The Balaban J connectivity index is 2.11. The maximum Gasteiger partial charge on any atom is 0.387 e. The lowest BCUT2D eigenvalue weighted by atomic mass is 10.2. The van der Waals surface area contributed by atoms with E-state index in [1.807, 2.05) is 0 Å². The van der Waals surface area contributed by atoms with Crippen LogP contribution in [0.2, 0.25) is 0 Å². The van der Waals surface area contributed by atoms with E-state index in [0.29, 0.717) is 5.92 Å². The molecule has 1 aliphatic carbocycles. The maximum absolute atomic E-state index is 12.3. The Kier molecular flexibility index (Phi) is 4.56. The lowest BCUT2D eigenvalue weighted by Gasteiger charge is -2.14. The highest BCUT2D eigenvalue weighted by atomic mass is 32.2. The van der Waals surface area contributed by atoms with Crippen molar-refractivity contribution in [2.24, 2.45) is 11.7 Å². The number of hydrogen-bond donors (Lipinski definition) is 2. The predicted molar refractivity (Wildman–Crippen MR) is 69.0 cm³/mol. The topological polar surface area (TPSA) is 81.4 Å². The largest absolute Gasteiger partial charge is 0.433 e. The summed E-state index contributed by atoms with van der Waals surface area (Å²) in [5.41, 5.74) is 5.80. The van der Waals surface area contributed by atoms with Crippen molar-refractivity contribution >= 4 is 10.0 Å². The van der Waals surface area contributed by atoms with Crippen molar-refractivity contribution in [3.05, 3.63) is 24.3 Å². The molecule has 1 saturated carbocycles. The van der Waals surface area contributed by atoms with Gasteiger partial charge in [0, 0.05) is 12.6 Å². The molecule has 1 aliphatic rings. The third-order valence-electron chi connectivity index (χ3n) is 3.09. The van der Waals surface area contributed by atoms with Gasteiger partial charge in [-0.1, -0.05) is 12.1 Å². The number of benzene rings is 1. The summed E-state index contributed by atoms with van der Waals surface area (Å²) in [4.78, 5) is -0.316. The van der Waals surface area contributed by atoms with Gasteiger partial charge in [-0.15, -0.1) is 0 Å². The van der Waals surface area contributed by atoms with Crippen LogP contribution in [-0.2, 0) is 10.0 Å². The highest BCUT2D eigenvalue weighted by Crippen LogP contribution is 2.31. The zero-order chi connectivity index (χ0) is 14.8. The van der Waals surface area contributed by atoms with Gasteiger partial charge < -0.3 is 10.5 Å². The van der Waals surface area contributed by atoms with Crippen LogP contribution in [0, 0.1) is 5.92 Å². The van der Waals surface area contributed by atoms with Crippen LogP contribution in [0.5, 0.6) is 5.75 Å². The van der Waals surface area contributed by atoms with Gasteiger partial charge in [0.05, 0.1) is 0 Å². The summed E-state index contributed by atoms with van der Waals surface area (Å²) < 4.78 is 55.2. The summed E-state index contributed by atoms with van der Waals surface area (Å²) in [6.45, 7) is -3.00. The number of ether oxygens (including phenoxy) is 1. The van der Waals surface area contributed by atoms with E-state index in [1.165, 1.54) is 24.3 Å². The summed E-state index contributed by atoms with van der Waals surface area (Å²) in [5, 5.41) is 0. The average Bonchev–Trinajstić information content (AvgIpc) is 3.20. The van der Waals surface area contributed by atoms with Gasteiger partial charge in [0.1, 0.15) is 10.6 Å². The summed E-state index contributed by atoms with van der Waals surface area (Å²) in [5.74, 6) is -0.0414. The van der Waals surface area contributed by atoms with E-state index >= 15 is 0 Å². The molecule has 1 unspecified atom stereocenters. The Morgan fingerprint density at radius 1 is 1.35 bits per heavy atom. The third kappa shape index (κ3) is 3.87. The molecular formula is C12H16F2N2O3S. The number of halogens is 2. The van der Waals surface area contributed by atoms with Gasteiger partial charge in [-0.25, -0.2) is 13.1 Å². The second-order valence-electron chi connectivity index (χ2n) is 4.68. The standard InChI is InChI=1S/C12H16F2N2O3S/c13-12(14)19-10-3-1-2-4-11(10)20(17,18)16-7-9(15)8-5-6-8/h1-4,8-9,12,16H,5-7,15H2. The quantitative estimate of drug-likeness (QED) is 0.795. The van der Waals surface area contributed by atoms with E-state index in [-0.39, 0.29) is 23.2 Å². The Labute approximate surface area is 116 Å². The van der Waals surface area contributed by atoms with Crippen molar-refractivity contribution < 1.29 is 21.9 Å². The Hall–Kier alpha value is -1.25. The minimum atomic E-state index is -3.93. The van der Waals surface area contributed by atoms with Crippen LogP contribution in [0.3, 0.4) is 0 Å². The van der Waals surface area contributed by atoms with Crippen molar-refractivity contribution in [1.82, 2.24) is 4.72 Å². The Morgan fingerprint density at radius 3 is 2.60 bits per heavy atom. The molecule has 0 radical (unpaired) electrons. The fraction of sp³-hybridized carbons (Fsp3) is 0.500. The molecular weight excluding hydrogens is 290 g/mol. The predicted octanol–water partition coefficient (Wildman–Crippen LogP) is 1.30. The van der Waals surface area contributed by atoms with E-state index in [1.54, 1.807) is 0 Å². The molecule has 3 N–H and O–H groups in total. The van der Waals surface area contributed by atoms with Crippen LogP contribution < -0.4 is 15.2 Å². The van der Waals surface area contributed by atoms with Crippen molar-refractivity contribution in [3.63, 3.8) is 0 Å². The first-order valence-electron chi connectivity index (χ1n) is 6.19. The molecule has 20 heavy (non-hydrogen) atoms. The van der Waals surface area contributed by atoms with Crippen molar-refractivity contribution in [3.8, 4) is 5.75 Å². The van der Waals surface area contributed by atoms with Crippen LogP contribution in [0.25, 0.3) is 0 Å². The average molecular weight is 306 g/mol. The first-order chi connectivity index (χ1) is 9.40. The summed E-state index contributed by atoms with van der Waals surface area (Å²) in [6.07, 6.45) is 1.99. The van der Waals surface area contributed by atoms with Crippen molar-refractivity contribution in [2.75, 3.05) is 6.54 Å². The molecule has 5 nitrogen and oxygen atoms in total. The molecule has 1 aromatic carbocycles. The molecule has 0 heterocycles. The summed E-state index contributed by atoms with van der Waals surface area (Å²) >= 11 is 0. The van der Waals surface area contributed by atoms with Crippen LogP contribution in [0.15, 0.2) is 29.2 Å². The molecule has 0 saturated heterocycles. The molecule has 0 amide bonds. The second-order valence-corrected chi connectivity index (χ2v) is 6.41. The zero-order valence-electron chi connectivity index (χ0n) is 10.6. The highest BCUT2D eigenvalue weighted by molar-refractivity contribution is 7.89. The second kappa shape index (κ2) is 6.02. The van der Waals surface area contributed by atoms with Gasteiger partial charge in [-0.2, -0.15) is 8.78 Å². The van der Waals surface area contributed by atoms with Gasteiger partial charge in [0.2, 0.25) is 10.0 Å². The first-order valence-corrected chi connectivity index (χ1v) is 7.67. The van der Waals surface area contributed by atoms with E-state index in [4.69, 9.17) is 5.73 Å². The smallest absolute Gasteiger partial charge is 0.387 e. The van der Waals surface area contributed by atoms with Crippen LogP contribution in [-0.4, -0.2) is 27.6 Å². The van der Waals surface area contributed by atoms with E-state index in [9.17, 15) is 17.2 Å². The van der Waals surface area contributed by atoms with Crippen LogP contribution in [0.4, 0.5) is 8.78 Å². The number of nitrogens with two attached hydrogens (primary N) is 1. The van der Waals surface area contributed by atoms with Crippen molar-refractivity contribution in [2.45, 2.75) is 30.4 Å². The fourth-order valence-corrected chi connectivity index (χ4v) is 3.05. The minimum Gasteiger partial charge on any atom is -0.433 e. The number of hydrogen-bond acceptors (Lipinski definition) is 4. The summed E-state index contributed by atoms with van der Waals surface area (Å²) in [7, 11) is -3.93. The van der Waals surface area contributed by atoms with Gasteiger partial charge in [-0.05, 0) is 30.9 Å². The highest BCUT2D eigenvalue weighted by Gasteiger charge is 2.30. The molecule has 0 aliphatic heterocycles. The number of nitrogens with one attached hydrogen (secondary N) is 1. The molecule has 0 bridgehead atoms. The summed E-state index contributed by atoms with van der Waals surface area (Å²) in [6, 6.07) is 5.00. The molecule has 1 fully saturated rings. The van der Waals surface area contributed by atoms with Gasteiger partial charge in [0.25, 0.3) is 0 Å². The van der Waals surface area contributed by atoms with Gasteiger partial charge in [-0.3, -0.25) is 0 Å². The molecule has 0 aromatic heterocycles. The van der Waals surface area contributed by atoms with Gasteiger partial charge in [0.15, 0.2) is 0 Å².